The molecule has 1 heterocycles. The van der Waals surface area contributed by atoms with Crippen molar-refractivity contribution in [2.75, 3.05) is 5.32 Å². The first kappa shape index (κ1) is 24.0. The smallest absolute Gasteiger partial charge is 0.327 e. The van der Waals surface area contributed by atoms with Crippen LogP contribution in [0.1, 0.15) is 33.4 Å². The van der Waals surface area contributed by atoms with E-state index in [4.69, 9.17) is 0 Å². The number of rotatable bonds is 6. The molecule has 0 saturated carbocycles. The molecule has 1 fully saturated rings. The molecule has 1 saturated heterocycles. The molecule has 4 unspecified atom stereocenters. The Kier molecular flexibility index (Phi) is 6.81. The van der Waals surface area contributed by atoms with Gasteiger partial charge >= 0.3 is 12.0 Å². The minimum atomic E-state index is -1.27. The van der Waals surface area contributed by atoms with E-state index in [1.807, 2.05) is 72.8 Å². The predicted octanol–water partition coefficient (Wildman–Crippen LogP) is 6.01. The summed E-state index contributed by atoms with van der Waals surface area (Å²) in [6, 6.07) is 33.4. The number of Topliss-reactive ketones (excluding diaryl/α,β-unsaturated/α-hetero) is 1. The number of benzene rings is 4. The summed E-state index contributed by atoms with van der Waals surface area (Å²) in [5, 5.41) is 13.4. The van der Waals surface area contributed by atoms with Crippen molar-refractivity contribution in [2.45, 2.75) is 18.0 Å². The van der Waals surface area contributed by atoms with Crippen molar-refractivity contribution in [1.82, 2.24) is 4.90 Å². The van der Waals surface area contributed by atoms with Gasteiger partial charge in [-0.05, 0) is 23.3 Å². The Balaban J connectivity index is 1.71. The van der Waals surface area contributed by atoms with Gasteiger partial charge in [0.1, 0.15) is 6.04 Å². The van der Waals surface area contributed by atoms with Crippen LogP contribution in [0.4, 0.5) is 10.5 Å². The first-order valence-corrected chi connectivity index (χ1v) is 12.1. The first-order chi connectivity index (χ1) is 18.1. The molecule has 1 aliphatic heterocycles. The summed E-state index contributed by atoms with van der Waals surface area (Å²) in [7, 11) is 0. The molecule has 0 spiro atoms. The number of carbonyl (C=O) groups excluding carboxylic acids is 2. The molecule has 1 aliphatic rings. The SMILES string of the molecule is O=C(c1ccccc1)C1C(c2ccccc2)C(C(=O)O)N(C(=O)Nc2ccccc2)C1c1ccccc1. The number of ketones is 1. The van der Waals surface area contributed by atoms with Gasteiger partial charge in [0.05, 0.1) is 12.0 Å². The molecular formula is C31H26N2O4. The van der Waals surface area contributed by atoms with Gasteiger partial charge in [-0.25, -0.2) is 9.59 Å². The van der Waals surface area contributed by atoms with Gasteiger partial charge in [0, 0.05) is 17.2 Å². The fourth-order valence-electron chi connectivity index (χ4n) is 5.33. The number of carbonyl (C=O) groups is 3. The van der Waals surface area contributed by atoms with Gasteiger partial charge in [-0.1, -0.05) is 109 Å². The number of hydrogen-bond donors (Lipinski definition) is 2. The maximum atomic E-state index is 14.2. The highest BCUT2D eigenvalue weighted by Gasteiger charge is 2.57. The lowest BCUT2D eigenvalue weighted by molar-refractivity contribution is -0.142. The second-order valence-corrected chi connectivity index (χ2v) is 9.03. The zero-order valence-corrected chi connectivity index (χ0v) is 20.0. The van der Waals surface area contributed by atoms with Crippen LogP contribution >= 0.6 is 0 Å². The molecule has 4 atom stereocenters. The van der Waals surface area contributed by atoms with E-state index in [0.29, 0.717) is 22.4 Å². The lowest BCUT2D eigenvalue weighted by Crippen LogP contribution is -2.45. The van der Waals surface area contributed by atoms with Gasteiger partial charge in [0.2, 0.25) is 0 Å². The predicted molar refractivity (Wildman–Crippen MR) is 141 cm³/mol. The number of anilines is 1. The second kappa shape index (κ2) is 10.5. The largest absolute Gasteiger partial charge is 0.480 e. The van der Waals surface area contributed by atoms with Crippen LogP contribution < -0.4 is 5.32 Å². The molecule has 37 heavy (non-hydrogen) atoms. The van der Waals surface area contributed by atoms with Gasteiger partial charge in [0.15, 0.2) is 5.78 Å². The summed E-state index contributed by atoms with van der Waals surface area (Å²) in [6.07, 6.45) is 0. The second-order valence-electron chi connectivity index (χ2n) is 9.03. The van der Waals surface area contributed by atoms with E-state index in [1.54, 1.807) is 48.5 Å². The molecule has 2 N–H and O–H groups in total. The van der Waals surface area contributed by atoms with E-state index in [1.165, 1.54) is 4.90 Å². The topological polar surface area (TPSA) is 86.7 Å². The van der Waals surface area contributed by atoms with Crippen LogP contribution in [0.25, 0.3) is 0 Å². The molecule has 184 valence electrons. The van der Waals surface area contributed by atoms with Crippen molar-refractivity contribution < 1.29 is 19.5 Å². The number of urea groups is 1. The third kappa shape index (κ3) is 4.74. The average Bonchev–Trinajstić information content (AvgIpc) is 3.31. The molecule has 0 radical (unpaired) electrons. The fourth-order valence-corrected chi connectivity index (χ4v) is 5.33. The van der Waals surface area contributed by atoms with Crippen LogP contribution in [0.15, 0.2) is 121 Å². The Labute approximate surface area is 215 Å². The van der Waals surface area contributed by atoms with Gasteiger partial charge < -0.3 is 15.3 Å². The van der Waals surface area contributed by atoms with Crippen molar-refractivity contribution in [3.05, 3.63) is 138 Å². The highest BCUT2D eigenvalue weighted by molar-refractivity contribution is 6.02. The zero-order chi connectivity index (χ0) is 25.8. The van der Waals surface area contributed by atoms with Crippen LogP contribution in [0.5, 0.6) is 0 Å². The highest BCUT2D eigenvalue weighted by Crippen LogP contribution is 2.51. The lowest BCUT2D eigenvalue weighted by atomic mass is 9.76. The molecule has 4 aromatic carbocycles. The number of likely N-dealkylation sites (tertiary alicyclic amines) is 1. The van der Waals surface area contributed by atoms with E-state index in [2.05, 4.69) is 5.32 Å². The average molecular weight is 491 g/mol. The number of carboxylic acid groups (broad SMARTS) is 1. The monoisotopic (exact) mass is 490 g/mol. The molecule has 5 rings (SSSR count). The van der Waals surface area contributed by atoms with Crippen molar-refractivity contribution in [3.63, 3.8) is 0 Å². The van der Waals surface area contributed by atoms with Crippen molar-refractivity contribution in [2.24, 2.45) is 5.92 Å². The van der Waals surface area contributed by atoms with E-state index < -0.39 is 35.9 Å². The zero-order valence-electron chi connectivity index (χ0n) is 20.0. The maximum absolute atomic E-state index is 14.2. The van der Waals surface area contributed by atoms with E-state index in [9.17, 15) is 19.5 Å². The van der Waals surface area contributed by atoms with Crippen LogP contribution in [-0.2, 0) is 4.79 Å². The Morgan fingerprint density at radius 3 is 1.68 bits per heavy atom. The Morgan fingerprint density at radius 1 is 0.649 bits per heavy atom. The maximum Gasteiger partial charge on any atom is 0.327 e. The fraction of sp³-hybridized carbons (Fsp3) is 0.129. The normalized spacial score (nSPS) is 20.8. The third-order valence-electron chi connectivity index (χ3n) is 6.87. The molecular weight excluding hydrogens is 464 g/mol. The third-order valence-corrected chi connectivity index (χ3v) is 6.87. The number of aliphatic carboxylic acids is 1. The van der Waals surface area contributed by atoms with Gasteiger partial charge in [-0.2, -0.15) is 0 Å². The Morgan fingerprint density at radius 2 is 1.14 bits per heavy atom. The van der Waals surface area contributed by atoms with Crippen molar-refractivity contribution in [3.8, 4) is 0 Å². The van der Waals surface area contributed by atoms with Crippen molar-refractivity contribution in [1.29, 1.82) is 0 Å². The summed E-state index contributed by atoms with van der Waals surface area (Å²) in [5.41, 5.74) is 2.41. The number of nitrogens with zero attached hydrogens (tertiary/aromatic N) is 1. The minimum absolute atomic E-state index is 0.204. The van der Waals surface area contributed by atoms with E-state index >= 15 is 0 Å². The van der Waals surface area contributed by atoms with E-state index in [-0.39, 0.29) is 5.78 Å². The minimum Gasteiger partial charge on any atom is -0.480 e. The van der Waals surface area contributed by atoms with Crippen LogP contribution in [-0.4, -0.2) is 33.8 Å². The standard InChI is InChI=1S/C31H26N2O4/c34-29(23-17-9-3-10-18-23)26-25(21-13-5-1-6-14-21)28(30(35)36)33(27(26)22-15-7-2-8-16-22)31(37)32-24-19-11-4-12-20-24/h1-20,25-28H,(H,32,37)(H,35,36). The quantitative estimate of drug-likeness (QED) is 0.324. The molecule has 0 aliphatic carbocycles. The number of hydrogen-bond acceptors (Lipinski definition) is 3. The van der Waals surface area contributed by atoms with Crippen LogP contribution in [0.2, 0.25) is 0 Å². The van der Waals surface area contributed by atoms with Gasteiger partial charge in [-0.15, -0.1) is 0 Å². The van der Waals surface area contributed by atoms with Crippen molar-refractivity contribution >= 4 is 23.5 Å². The molecule has 2 amide bonds. The lowest BCUT2D eigenvalue weighted by Gasteiger charge is -2.30. The summed E-state index contributed by atoms with van der Waals surface area (Å²) in [6.45, 7) is 0. The summed E-state index contributed by atoms with van der Waals surface area (Å²) in [4.78, 5) is 42.2. The highest BCUT2D eigenvalue weighted by atomic mass is 16.4. The number of para-hydroxylation sites is 1. The Bertz CT molecular complexity index is 1380. The summed E-state index contributed by atoms with van der Waals surface area (Å²) < 4.78 is 0. The molecule has 4 aromatic rings. The van der Waals surface area contributed by atoms with E-state index in [0.717, 1.165) is 0 Å². The molecule has 0 aromatic heterocycles. The summed E-state index contributed by atoms with van der Waals surface area (Å²) in [5.74, 6) is -2.96. The molecule has 6 nitrogen and oxygen atoms in total. The number of amides is 2. The molecule has 6 heteroatoms. The first-order valence-electron chi connectivity index (χ1n) is 12.1. The van der Waals surface area contributed by atoms with Crippen LogP contribution in [0, 0.1) is 5.92 Å². The summed E-state index contributed by atoms with van der Waals surface area (Å²) >= 11 is 0. The molecule has 0 bridgehead atoms. The van der Waals surface area contributed by atoms with Gasteiger partial charge in [0.25, 0.3) is 0 Å². The number of nitrogens with one attached hydrogen (secondary N) is 1. The Hall–Kier alpha value is -4.71. The number of carboxylic acids is 1. The van der Waals surface area contributed by atoms with Gasteiger partial charge in [-0.3, -0.25) is 4.79 Å². The van der Waals surface area contributed by atoms with Crippen LogP contribution in [0.3, 0.4) is 0 Å².